The van der Waals surface area contributed by atoms with Gasteiger partial charge in [-0.3, -0.25) is 0 Å². The Kier molecular flexibility index (Phi) is 15.9. The van der Waals surface area contributed by atoms with Gasteiger partial charge < -0.3 is 14.4 Å². The van der Waals surface area contributed by atoms with Crippen LogP contribution in [0.3, 0.4) is 0 Å². The number of rotatable bonds is 14. The van der Waals surface area contributed by atoms with E-state index in [-0.39, 0.29) is 6.71 Å². The molecule has 3 heterocycles. The zero-order valence-corrected chi connectivity index (χ0v) is 61.9. The van der Waals surface area contributed by atoms with E-state index in [0.717, 1.165) is 56.4 Å². The highest BCUT2D eigenvalue weighted by molar-refractivity contribution is 7.20. The van der Waals surface area contributed by atoms with E-state index < -0.39 is 16.1 Å². The zero-order chi connectivity index (χ0) is 71.0. The van der Waals surface area contributed by atoms with Gasteiger partial charge in [-0.25, -0.2) is 0 Å². The van der Waals surface area contributed by atoms with Crippen LogP contribution in [0.1, 0.15) is 22.3 Å². The van der Waals surface area contributed by atoms with Gasteiger partial charge in [0.2, 0.25) is 0 Å². The van der Waals surface area contributed by atoms with E-state index in [0.29, 0.717) is 0 Å². The third-order valence-corrected chi connectivity index (χ3v) is 32.0. The largest absolute Gasteiger partial charge is 0.311 e. The number of aryl methyl sites for hydroxylation is 4. The zero-order valence-electron chi connectivity index (χ0n) is 59.9. The number of aromatic nitrogens is 1. The Morgan fingerprint density at radius 3 is 0.953 bits per heavy atom. The van der Waals surface area contributed by atoms with E-state index in [2.05, 4.69) is 430 Å². The van der Waals surface area contributed by atoms with Gasteiger partial charge in [-0.2, -0.15) is 0 Å². The Hall–Kier alpha value is -12.6. The number of para-hydroxylation sites is 3. The van der Waals surface area contributed by atoms with Crippen LogP contribution in [-0.2, 0) is 0 Å². The SMILES string of the molecule is Cc1cc(C)cc(-c2cc(-c3cc(C)cc(C)c3)cc(-c3ccc4c(c3)B3c5ccccc5N(c5cccc([Si](c6ccccc6)(c6ccccc6)c6ccccc6)c5)c5cc(-n6c7ccccc7c7ccccc76)cc(c53)N4c3cccc([Si](c4ccccc4)(c4ccccc4)c4ccccc4)c3)c2)c1. The summed E-state index contributed by atoms with van der Waals surface area (Å²) in [7, 11) is -6.13. The van der Waals surface area contributed by atoms with Crippen molar-refractivity contribution in [3.63, 3.8) is 0 Å². The molecule has 3 nitrogen and oxygen atoms in total. The van der Waals surface area contributed by atoms with Crippen LogP contribution in [0.4, 0.5) is 34.1 Å². The molecule has 0 fully saturated rings. The van der Waals surface area contributed by atoms with Gasteiger partial charge in [0.25, 0.3) is 6.71 Å². The molecule has 0 saturated heterocycles. The van der Waals surface area contributed by atoms with E-state index in [4.69, 9.17) is 0 Å². The van der Waals surface area contributed by atoms with Gasteiger partial charge in [0.1, 0.15) is 0 Å². The molecule has 0 saturated carbocycles. The summed E-state index contributed by atoms with van der Waals surface area (Å²) in [6.45, 7) is 8.67. The van der Waals surface area contributed by atoms with Crippen LogP contribution in [-0.4, -0.2) is 27.4 Å². The maximum absolute atomic E-state index is 3.08. The topological polar surface area (TPSA) is 11.4 Å². The molecule has 17 aromatic rings. The molecule has 502 valence electrons. The van der Waals surface area contributed by atoms with Crippen LogP contribution in [0.25, 0.3) is 60.9 Å². The summed E-state index contributed by atoms with van der Waals surface area (Å²) in [5.41, 5.74) is 26.1. The van der Waals surface area contributed by atoms with Crippen molar-refractivity contribution in [1.29, 1.82) is 0 Å². The molecule has 0 amide bonds. The summed E-state index contributed by atoms with van der Waals surface area (Å²) in [6.07, 6.45) is 0. The van der Waals surface area contributed by atoms with Crippen LogP contribution in [0.15, 0.2) is 388 Å². The Morgan fingerprint density at radius 1 is 0.217 bits per heavy atom. The van der Waals surface area contributed by atoms with Crippen molar-refractivity contribution >= 4 is 137 Å². The van der Waals surface area contributed by atoms with Crippen molar-refractivity contribution in [3.05, 3.63) is 411 Å². The monoisotopic (exact) mass is 1390 g/mol. The molecule has 0 bridgehead atoms. The highest BCUT2D eigenvalue weighted by atomic mass is 28.3. The molecule has 0 aliphatic carbocycles. The molecule has 6 heteroatoms. The van der Waals surface area contributed by atoms with Crippen molar-refractivity contribution in [2.24, 2.45) is 0 Å². The Balaban J connectivity index is 0.928. The van der Waals surface area contributed by atoms with Gasteiger partial charge >= 0.3 is 0 Å². The van der Waals surface area contributed by atoms with Gasteiger partial charge in [-0.15, -0.1) is 0 Å². The fourth-order valence-corrected chi connectivity index (χ4v) is 27.9. The predicted octanol–water partition coefficient (Wildman–Crippen LogP) is 17.9. The summed E-state index contributed by atoms with van der Waals surface area (Å²) < 4.78 is 2.53. The molecule has 0 radical (unpaired) electrons. The molecule has 2 aliphatic heterocycles. The quantitative estimate of drug-likeness (QED) is 0.0794. The minimum absolute atomic E-state index is 0.207. The van der Waals surface area contributed by atoms with Crippen molar-refractivity contribution in [1.82, 2.24) is 4.57 Å². The summed E-state index contributed by atoms with van der Waals surface area (Å²) in [4.78, 5) is 5.29. The molecule has 1 aromatic heterocycles. The minimum Gasteiger partial charge on any atom is -0.311 e. The second kappa shape index (κ2) is 26.3. The van der Waals surface area contributed by atoms with E-state index >= 15 is 0 Å². The molecule has 0 spiro atoms. The lowest BCUT2D eigenvalue weighted by Crippen LogP contribution is -2.74. The standard InChI is InChI=1S/C100H76BN3Si2/c1-69-55-70(2)58-74(57-69)77-61-76(62-78(63-77)75-59-71(3)56-72(4)60-75)73-53-54-97-93(64-73)101-92-49-25-28-52-96(92)102(79-31-29-45-88(65-79)105(82-33-11-5-12-34-82,83-35-13-6-14-36-83)84-37-15-7-16-38-84)98-67-81(104-94-50-26-23-47-90(94)91-48-24-27-51-95(91)104)68-99(100(98)101)103(97)80-32-30-46-89(66-80)106(85-39-17-8-18-40-85,86-41-19-9-20-42-86)87-43-21-10-22-44-87/h5-68H,1-4H3. The lowest BCUT2D eigenvalue weighted by molar-refractivity contribution is 1.16. The Morgan fingerprint density at radius 2 is 0.547 bits per heavy atom. The average Bonchev–Trinajstić information content (AvgIpc) is 0.894. The Labute approximate surface area is 624 Å². The van der Waals surface area contributed by atoms with Gasteiger partial charge in [-0.05, 0) is 198 Å². The summed E-state index contributed by atoms with van der Waals surface area (Å²) in [5, 5.41) is 13.0. The van der Waals surface area contributed by atoms with Gasteiger partial charge in [0, 0.05) is 44.9 Å². The minimum atomic E-state index is -3.08. The van der Waals surface area contributed by atoms with Crippen LogP contribution in [0.5, 0.6) is 0 Å². The number of nitrogens with zero attached hydrogens (tertiary/aromatic N) is 3. The first-order chi connectivity index (χ1) is 52.2. The molecule has 0 N–H and O–H groups in total. The lowest BCUT2D eigenvalue weighted by atomic mass is 9.33. The van der Waals surface area contributed by atoms with E-state index in [9.17, 15) is 0 Å². The van der Waals surface area contributed by atoms with Crippen molar-refractivity contribution in [2.75, 3.05) is 9.80 Å². The molecule has 106 heavy (non-hydrogen) atoms. The van der Waals surface area contributed by atoms with Crippen molar-refractivity contribution < 1.29 is 0 Å². The predicted molar refractivity (Wildman–Crippen MR) is 457 cm³/mol. The summed E-state index contributed by atoms with van der Waals surface area (Å²) in [5.74, 6) is 0. The fraction of sp³-hybridized carbons (Fsp3) is 0.0400. The number of hydrogen-bond acceptors (Lipinski definition) is 2. The first-order valence-corrected chi connectivity index (χ1v) is 41.1. The first kappa shape index (κ1) is 64.3. The molecule has 0 atom stereocenters. The fourth-order valence-electron chi connectivity index (χ4n) is 18.3. The number of fused-ring (bicyclic) bond motifs is 7. The third kappa shape index (κ3) is 10.6. The smallest absolute Gasteiger partial charge is 0.252 e. The van der Waals surface area contributed by atoms with Gasteiger partial charge in [0.05, 0.1) is 16.7 Å². The maximum Gasteiger partial charge on any atom is 0.252 e. The van der Waals surface area contributed by atoms with Crippen LogP contribution in [0, 0.1) is 27.7 Å². The molecule has 16 aromatic carbocycles. The molecular formula is C100H76BN3Si2. The summed E-state index contributed by atoms with van der Waals surface area (Å²) in [6, 6.07) is 149. The van der Waals surface area contributed by atoms with Crippen LogP contribution >= 0.6 is 0 Å². The van der Waals surface area contributed by atoms with Crippen molar-refractivity contribution in [2.45, 2.75) is 27.7 Å². The number of benzene rings is 16. The number of hydrogen-bond donors (Lipinski definition) is 0. The summed E-state index contributed by atoms with van der Waals surface area (Å²) >= 11 is 0. The second-order valence-electron chi connectivity index (χ2n) is 29.1. The van der Waals surface area contributed by atoms with Gasteiger partial charge in [0.15, 0.2) is 16.1 Å². The highest BCUT2D eigenvalue weighted by Crippen LogP contribution is 2.47. The highest BCUT2D eigenvalue weighted by Gasteiger charge is 2.47. The first-order valence-electron chi connectivity index (χ1n) is 37.1. The van der Waals surface area contributed by atoms with Crippen LogP contribution < -0.4 is 67.7 Å². The molecule has 2 aliphatic rings. The molecule has 19 rings (SSSR count). The van der Waals surface area contributed by atoms with E-state index in [1.54, 1.807) is 0 Å². The van der Waals surface area contributed by atoms with Crippen LogP contribution in [0.2, 0.25) is 0 Å². The lowest BCUT2D eigenvalue weighted by Gasteiger charge is -2.45. The number of anilines is 6. The van der Waals surface area contributed by atoms with Crippen molar-refractivity contribution in [3.8, 4) is 39.1 Å². The van der Waals surface area contributed by atoms with E-state index in [1.807, 2.05) is 0 Å². The van der Waals surface area contributed by atoms with E-state index in [1.165, 1.54) is 119 Å². The third-order valence-electron chi connectivity index (χ3n) is 22.5. The maximum atomic E-state index is 2.66. The second-order valence-corrected chi connectivity index (χ2v) is 36.7. The molecular weight excluding hydrogens is 1310 g/mol. The normalized spacial score (nSPS) is 12.5. The molecule has 0 unspecified atom stereocenters. The average molecular weight is 1390 g/mol. The van der Waals surface area contributed by atoms with Gasteiger partial charge in [-0.1, -0.05) is 332 Å². The Bertz CT molecular complexity index is 5840.